The van der Waals surface area contributed by atoms with Crippen molar-refractivity contribution in [1.29, 1.82) is 0 Å². The van der Waals surface area contributed by atoms with E-state index >= 15 is 0 Å². The summed E-state index contributed by atoms with van der Waals surface area (Å²) in [5, 5.41) is 0. The molecule has 31 heavy (non-hydrogen) atoms. The quantitative estimate of drug-likeness (QED) is 0.588. The van der Waals surface area contributed by atoms with Crippen molar-refractivity contribution in [2.45, 2.75) is 75.9 Å². The maximum atomic E-state index is 12.7. The minimum Gasteiger partial charge on any atom is -0.405 e. The van der Waals surface area contributed by atoms with E-state index in [0.717, 1.165) is 45.1 Å². The Balaban J connectivity index is 1.56. The summed E-state index contributed by atoms with van der Waals surface area (Å²) < 4.78 is 52.0. The van der Waals surface area contributed by atoms with E-state index in [1.54, 1.807) is 37.1 Å². The zero-order valence-electron chi connectivity index (χ0n) is 18.0. The summed E-state index contributed by atoms with van der Waals surface area (Å²) in [7, 11) is 0. The second kappa shape index (κ2) is 10.9. The Kier molecular flexibility index (Phi) is 8.52. The van der Waals surface area contributed by atoms with E-state index in [-0.39, 0.29) is 35.8 Å². The second-order valence-electron chi connectivity index (χ2n) is 8.24. The molecule has 0 spiro atoms. The van der Waals surface area contributed by atoms with Crippen molar-refractivity contribution in [1.82, 2.24) is 9.62 Å². The molecule has 1 saturated carbocycles. The van der Waals surface area contributed by atoms with Gasteiger partial charge >= 0.3 is 6.36 Å². The van der Waals surface area contributed by atoms with Gasteiger partial charge in [0, 0.05) is 19.5 Å². The van der Waals surface area contributed by atoms with Crippen molar-refractivity contribution in [2.75, 3.05) is 19.4 Å². The van der Waals surface area contributed by atoms with Gasteiger partial charge in [0.25, 0.3) is 0 Å². The summed E-state index contributed by atoms with van der Waals surface area (Å²) in [5.74, 6) is -0.0245. The molecule has 1 aliphatic carbocycles. The first kappa shape index (κ1) is 24.2. The van der Waals surface area contributed by atoms with Crippen LogP contribution in [0.4, 0.5) is 13.2 Å². The second-order valence-corrected chi connectivity index (χ2v) is 8.89. The van der Waals surface area contributed by atoms with Gasteiger partial charge in [0.15, 0.2) is 0 Å². The van der Waals surface area contributed by atoms with Gasteiger partial charge in [-0.1, -0.05) is 30.1 Å². The first-order chi connectivity index (χ1) is 14.8. The Hall–Kier alpha value is -1.45. The number of rotatable bonds is 7. The average Bonchev–Trinajstić information content (AvgIpc) is 2.72. The number of likely N-dealkylation sites (tertiary alicyclic amines) is 1. The van der Waals surface area contributed by atoms with Gasteiger partial charge in [-0.2, -0.15) is 0 Å². The van der Waals surface area contributed by atoms with Gasteiger partial charge < -0.3 is 14.4 Å². The van der Waals surface area contributed by atoms with Gasteiger partial charge in [0.05, 0.1) is 18.8 Å². The Bertz CT molecular complexity index is 724. The molecule has 1 aliphatic heterocycles. The van der Waals surface area contributed by atoms with Crippen LogP contribution >= 0.6 is 11.9 Å². The molecular formula is C22H31F3N2O3S. The zero-order chi connectivity index (χ0) is 22.4. The summed E-state index contributed by atoms with van der Waals surface area (Å²) in [6.07, 6.45) is 2.36. The van der Waals surface area contributed by atoms with Crippen molar-refractivity contribution in [3.8, 4) is 5.75 Å². The smallest absolute Gasteiger partial charge is 0.405 e. The number of nitrogens with zero attached hydrogens (tertiary/aromatic N) is 1. The number of benzene rings is 1. The number of carbonyl (C=O) groups is 1. The molecule has 1 amide bonds. The highest BCUT2D eigenvalue weighted by atomic mass is 32.2. The van der Waals surface area contributed by atoms with E-state index in [9.17, 15) is 18.0 Å². The van der Waals surface area contributed by atoms with Gasteiger partial charge in [-0.25, -0.2) is 0 Å². The number of nitrogens with one attached hydrogen (secondary N) is 1. The standard InChI is InChI=1S/C22H31F3N2O3S/c1-15(28)27-13-5-7-19(26-31-2)20(27)14-29-17-11-9-16(10-12-17)18-6-3-4-8-21(18)30-22(23,24)25/h3-4,6,8,16-17,19-20,26H,5,7,9-14H2,1-2H3/t16-,17+,19?,20-/m0/s1. The van der Waals surface area contributed by atoms with E-state index in [0.29, 0.717) is 12.2 Å². The molecule has 1 aromatic rings. The number of ether oxygens (including phenoxy) is 2. The number of para-hydroxylation sites is 1. The van der Waals surface area contributed by atoms with Crippen LogP contribution in [0.15, 0.2) is 24.3 Å². The SMILES string of the molecule is CSNC1CCCN(C(C)=O)[C@H]1CO[C@H]1CC[C@@H](c2ccccc2OC(F)(F)F)CC1. The number of hydrogen-bond donors (Lipinski definition) is 1. The molecule has 0 bridgehead atoms. The molecule has 1 N–H and O–H groups in total. The third kappa shape index (κ3) is 6.76. The Morgan fingerprint density at radius 2 is 1.90 bits per heavy atom. The monoisotopic (exact) mass is 460 g/mol. The first-order valence-corrected chi connectivity index (χ1v) is 12.0. The third-order valence-electron chi connectivity index (χ3n) is 6.21. The summed E-state index contributed by atoms with van der Waals surface area (Å²) >= 11 is 1.55. The Labute approximate surface area is 186 Å². The molecular weight excluding hydrogens is 429 g/mol. The lowest BCUT2D eigenvalue weighted by molar-refractivity contribution is -0.275. The van der Waals surface area contributed by atoms with Crippen molar-refractivity contribution < 1.29 is 27.4 Å². The predicted molar refractivity (Wildman–Crippen MR) is 115 cm³/mol. The molecule has 1 heterocycles. The normalized spacial score (nSPS) is 27.2. The van der Waals surface area contributed by atoms with E-state index in [4.69, 9.17) is 4.74 Å². The number of carbonyl (C=O) groups excluding carboxylic acids is 1. The highest BCUT2D eigenvalue weighted by molar-refractivity contribution is 7.96. The number of halogens is 3. The molecule has 2 aliphatic rings. The average molecular weight is 461 g/mol. The summed E-state index contributed by atoms with van der Waals surface area (Å²) in [6, 6.07) is 6.60. The van der Waals surface area contributed by atoms with Crippen LogP contribution in [0.3, 0.4) is 0 Å². The fourth-order valence-electron chi connectivity index (χ4n) is 4.75. The first-order valence-electron chi connectivity index (χ1n) is 10.8. The summed E-state index contributed by atoms with van der Waals surface area (Å²) in [5.41, 5.74) is 0.609. The minimum absolute atomic E-state index is 0.00247. The van der Waals surface area contributed by atoms with Crippen LogP contribution in [0.2, 0.25) is 0 Å². The van der Waals surface area contributed by atoms with Gasteiger partial charge in [0.1, 0.15) is 5.75 Å². The molecule has 1 unspecified atom stereocenters. The molecule has 5 nitrogen and oxygen atoms in total. The zero-order valence-corrected chi connectivity index (χ0v) is 18.8. The maximum Gasteiger partial charge on any atom is 0.573 e. The van der Waals surface area contributed by atoms with Crippen molar-refractivity contribution in [3.05, 3.63) is 29.8 Å². The van der Waals surface area contributed by atoms with E-state index in [1.807, 2.05) is 11.2 Å². The van der Waals surface area contributed by atoms with Gasteiger partial charge in [-0.3, -0.25) is 9.52 Å². The summed E-state index contributed by atoms with van der Waals surface area (Å²) in [6.45, 7) is 2.82. The van der Waals surface area contributed by atoms with E-state index in [1.165, 1.54) is 6.07 Å². The molecule has 9 heteroatoms. The lowest BCUT2D eigenvalue weighted by Crippen LogP contribution is -2.56. The van der Waals surface area contributed by atoms with Crippen LogP contribution in [-0.2, 0) is 9.53 Å². The van der Waals surface area contributed by atoms with Crippen LogP contribution in [-0.4, -0.2) is 54.8 Å². The van der Waals surface area contributed by atoms with Crippen LogP contribution in [0.25, 0.3) is 0 Å². The lowest BCUT2D eigenvalue weighted by Gasteiger charge is -2.41. The van der Waals surface area contributed by atoms with Crippen molar-refractivity contribution >= 4 is 17.9 Å². The molecule has 2 fully saturated rings. The molecule has 2 atom stereocenters. The van der Waals surface area contributed by atoms with Gasteiger partial charge in [0.2, 0.25) is 5.91 Å². The molecule has 0 aromatic heterocycles. The summed E-state index contributed by atoms with van der Waals surface area (Å²) in [4.78, 5) is 14.0. The number of amides is 1. The fourth-order valence-corrected chi connectivity index (χ4v) is 5.33. The van der Waals surface area contributed by atoms with Gasteiger partial charge in [-0.15, -0.1) is 13.2 Å². The van der Waals surface area contributed by atoms with Gasteiger partial charge in [-0.05, 0) is 62.3 Å². The Morgan fingerprint density at radius 1 is 1.19 bits per heavy atom. The Morgan fingerprint density at radius 3 is 2.55 bits per heavy atom. The number of piperidine rings is 1. The topological polar surface area (TPSA) is 50.8 Å². The highest BCUT2D eigenvalue weighted by Gasteiger charge is 2.35. The molecule has 1 aromatic carbocycles. The molecule has 3 rings (SSSR count). The van der Waals surface area contributed by atoms with Crippen LogP contribution in [0, 0.1) is 0 Å². The lowest BCUT2D eigenvalue weighted by atomic mass is 9.82. The number of alkyl halides is 3. The van der Waals surface area contributed by atoms with Crippen molar-refractivity contribution in [3.63, 3.8) is 0 Å². The van der Waals surface area contributed by atoms with Crippen LogP contribution < -0.4 is 9.46 Å². The molecule has 174 valence electrons. The largest absolute Gasteiger partial charge is 0.573 e. The highest BCUT2D eigenvalue weighted by Crippen LogP contribution is 2.40. The van der Waals surface area contributed by atoms with E-state index < -0.39 is 6.36 Å². The fraction of sp³-hybridized carbons (Fsp3) is 0.682. The van der Waals surface area contributed by atoms with Crippen LogP contribution in [0.1, 0.15) is 56.9 Å². The predicted octanol–water partition coefficient (Wildman–Crippen LogP) is 4.88. The third-order valence-corrected chi connectivity index (χ3v) is 6.75. The minimum atomic E-state index is -4.69. The molecule has 1 saturated heterocycles. The number of hydrogen-bond acceptors (Lipinski definition) is 5. The van der Waals surface area contributed by atoms with Crippen molar-refractivity contribution in [2.24, 2.45) is 0 Å². The van der Waals surface area contributed by atoms with E-state index in [2.05, 4.69) is 9.46 Å². The van der Waals surface area contributed by atoms with Crippen LogP contribution in [0.5, 0.6) is 5.75 Å². The maximum absolute atomic E-state index is 12.7. The molecule has 0 radical (unpaired) electrons.